The number of rotatable bonds is 1. The number of benzene rings is 1. The predicted molar refractivity (Wildman–Crippen MR) is 58.5 cm³/mol. The molecule has 1 aliphatic rings. The quantitative estimate of drug-likeness (QED) is 0.717. The monoisotopic (exact) mass is 265 g/mol. The molecular weight excluding hydrogens is 258 g/mol. The lowest BCUT2D eigenvalue weighted by atomic mass is 10.1. The molecule has 1 saturated heterocycles. The van der Waals surface area contributed by atoms with Crippen LogP contribution in [0.2, 0.25) is 10.0 Å². The molecule has 0 aliphatic carbocycles. The van der Waals surface area contributed by atoms with Crippen molar-refractivity contribution in [3.8, 4) is 0 Å². The first-order chi connectivity index (χ1) is 7.15. The SMILES string of the molecule is O=[P+]1OCC[C@@H](c2cc(Cl)cc(Cl)c2)O1. The molecule has 0 saturated carbocycles. The van der Waals surface area contributed by atoms with Crippen molar-refractivity contribution in [3.63, 3.8) is 0 Å². The Morgan fingerprint density at radius 1 is 1.27 bits per heavy atom. The molecule has 3 nitrogen and oxygen atoms in total. The average molecular weight is 266 g/mol. The summed E-state index contributed by atoms with van der Waals surface area (Å²) in [6.45, 7) is 0.421. The Labute approximate surface area is 98.2 Å². The number of halogens is 2. The van der Waals surface area contributed by atoms with E-state index in [4.69, 9.17) is 32.2 Å². The molecule has 0 aromatic heterocycles. The van der Waals surface area contributed by atoms with E-state index >= 15 is 0 Å². The van der Waals surface area contributed by atoms with Gasteiger partial charge >= 0.3 is 8.25 Å². The summed E-state index contributed by atoms with van der Waals surface area (Å²) in [4.78, 5) is 0. The molecule has 0 bridgehead atoms. The van der Waals surface area contributed by atoms with Crippen molar-refractivity contribution in [1.82, 2.24) is 0 Å². The van der Waals surface area contributed by atoms with Crippen LogP contribution in [0.4, 0.5) is 0 Å². The summed E-state index contributed by atoms with van der Waals surface area (Å²) in [5.41, 5.74) is 0.833. The van der Waals surface area contributed by atoms with Crippen LogP contribution < -0.4 is 0 Å². The zero-order valence-corrected chi connectivity index (χ0v) is 10.1. The van der Waals surface area contributed by atoms with E-state index in [1.165, 1.54) is 0 Å². The van der Waals surface area contributed by atoms with E-state index in [0.29, 0.717) is 23.1 Å². The Hall–Kier alpha value is -0.180. The van der Waals surface area contributed by atoms with Crippen LogP contribution in [0.15, 0.2) is 18.2 Å². The predicted octanol–water partition coefficient (Wildman–Crippen LogP) is 4.13. The summed E-state index contributed by atoms with van der Waals surface area (Å²) in [5, 5.41) is 1.09. The summed E-state index contributed by atoms with van der Waals surface area (Å²) >= 11 is 11.7. The highest BCUT2D eigenvalue weighted by Gasteiger charge is 2.34. The van der Waals surface area contributed by atoms with Crippen LogP contribution >= 0.6 is 31.5 Å². The van der Waals surface area contributed by atoms with Crippen LogP contribution in [-0.4, -0.2) is 6.61 Å². The van der Waals surface area contributed by atoms with Crippen molar-refractivity contribution in [1.29, 1.82) is 0 Å². The Balaban J connectivity index is 2.24. The van der Waals surface area contributed by atoms with Gasteiger partial charge < -0.3 is 0 Å². The van der Waals surface area contributed by atoms with Crippen molar-refractivity contribution in [2.24, 2.45) is 0 Å². The second-order valence-corrected chi connectivity index (χ2v) is 4.93. The van der Waals surface area contributed by atoms with E-state index in [0.717, 1.165) is 5.56 Å². The first-order valence-corrected chi connectivity index (χ1v) is 6.23. The number of hydrogen-bond acceptors (Lipinski definition) is 3. The summed E-state index contributed by atoms with van der Waals surface area (Å²) < 4.78 is 21.0. The Morgan fingerprint density at radius 3 is 2.53 bits per heavy atom. The second-order valence-electron chi connectivity index (χ2n) is 3.14. The van der Waals surface area contributed by atoms with Gasteiger partial charge in [-0.05, 0) is 23.8 Å². The van der Waals surface area contributed by atoms with Crippen LogP contribution in [0.3, 0.4) is 0 Å². The van der Waals surface area contributed by atoms with Gasteiger partial charge in [-0.2, -0.15) is 0 Å². The normalized spacial score (nSPS) is 24.1. The van der Waals surface area contributed by atoms with Gasteiger partial charge in [0.1, 0.15) is 12.7 Å². The molecule has 1 heterocycles. The third-order valence-electron chi connectivity index (χ3n) is 2.05. The topological polar surface area (TPSA) is 35.5 Å². The summed E-state index contributed by atoms with van der Waals surface area (Å²) in [6, 6.07) is 5.16. The smallest absolute Gasteiger partial charge is 0.119 e. The van der Waals surface area contributed by atoms with E-state index in [9.17, 15) is 4.57 Å². The van der Waals surface area contributed by atoms with E-state index in [1.54, 1.807) is 18.2 Å². The molecule has 1 aliphatic heterocycles. The molecule has 2 atom stereocenters. The molecule has 0 spiro atoms. The minimum atomic E-state index is -2.01. The fraction of sp³-hybridized carbons (Fsp3) is 0.333. The van der Waals surface area contributed by atoms with Gasteiger partial charge in [0.05, 0.1) is 0 Å². The van der Waals surface area contributed by atoms with Gasteiger partial charge in [-0.3, -0.25) is 0 Å². The van der Waals surface area contributed by atoms with Crippen molar-refractivity contribution in [2.45, 2.75) is 12.5 Å². The standard InChI is InChI=1S/C9H8Cl2O3P/c10-7-3-6(4-8(11)5-7)9-1-2-13-15(12)14-9/h3-5,9H,1-2H2/q+1/t9-/m0/s1. The molecule has 1 fully saturated rings. The van der Waals surface area contributed by atoms with Crippen molar-refractivity contribution in [3.05, 3.63) is 33.8 Å². The Kier molecular flexibility index (Phi) is 3.60. The Bertz CT molecular complexity index is 377. The van der Waals surface area contributed by atoms with Gasteiger partial charge in [0.2, 0.25) is 0 Å². The highest BCUT2D eigenvalue weighted by Crippen LogP contribution is 2.40. The van der Waals surface area contributed by atoms with Gasteiger partial charge in [0.25, 0.3) is 0 Å². The van der Waals surface area contributed by atoms with Crippen molar-refractivity contribution in [2.75, 3.05) is 6.61 Å². The average Bonchev–Trinajstić information content (AvgIpc) is 2.16. The van der Waals surface area contributed by atoms with Gasteiger partial charge in [-0.25, -0.2) is 0 Å². The van der Waals surface area contributed by atoms with Crippen molar-refractivity contribution >= 4 is 31.5 Å². The zero-order valence-electron chi connectivity index (χ0n) is 7.65. The highest BCUT2D eigenvalue weighted by molar-refractivity contribution is 7.33. The molecule has 0 radical (unpaired) electrons. The molecule has 0 N–H and O–H groups in total. The van der Waals surface area contributed by atoms with Gasteiger partial charge in [-0.1, -0.05) is 23.2 Å². The third kappa shape index (κ3) is 2.90. The zero-order chi connectivity index (χ0) is 10.8. The maximum absolute atomic E-state index is 11.1. The van der Waals surface area contributed by atoms with E-state index < -0.39 is 8.25 Å². The van der Waals surface area contributed by atoms with Crippen LogP contribution in [-0.2, 0) is 13.6 Å². The maximum Gasteiger partial charge on any atom is 0.698 e. The molecule has 15 heavy (non-hydrogen) atoms. The summed E-state index contributed by atoms with van der Waals surface area (Å²) in [5.74, 6) is 0. The first kappa shape index (κ1) is 11.3. The van der Waals surface area contributed by atoms with E-state index in [1.807, 2.05) is 0 Å². The lowest BCUT2D eigenvalue weighted by molar-refractivity contribution is 0.0968. The summed E-state index contributed by atoms with van der Waals surface area (Å²) in [6.07, 6.45) is 0.399. The van der Waals surface area contributed by atoms with Crippen molar-refractivity contribution < 1.29 is 13.6 Å². The van der Waals surface area contributed by atoms with Gasteiger partial charge in [-0.15, -0.1) is 9.05 Å². The largest absolute Gasteiger partial charge is 0.698 e. The first-order valence-electron chi connectivity index (χ1n) is 4.38. The van der Waals surface area contributed by atoms with E-state index in [2.05, 4.69) is 0 Å². The lowest BCUT2D eigenvalue weighted by Gasteiger charge is -2.13. The molecule has 6 heteroatoms. The molecule has 2 rings (SSSR count). The molecule has 1 aromatic carbocycles. The minimum Gasteiger partial charge on any atom is -0.119 e. The van der Waals surface area contributed by atoms with E-state index in [-0.39, 0.29) is 6.10 Å². The minimum absolute atomic E-state index is 0.251. The molecule has 80 valence electrons. The fourth-order valence-electron chi connectivity index (χ4n) is 1.41. The second kappa shape index (κ2) is 4.77. The fourth-order valence-corrected chi connectivity index (χ4v) is 2.70. The van der Waals surface area contributed by atoms with Gasteiger partial charge in [0.15, 0.2) is 0 Å². The third-order valence-corrected chi connectivity index (χ3v) is 3.30. The Morgan fingerprint density at radius 2 is 1.93 bits per heavy atom. The lowest BCUT2D eigenvalue weighted by Crippen LogP contribution is -2.09. The molecule has 1 aromatic rings. The van der Waals surface area contributed by atoms with Crippen LogP contribution in [0.1, 0.15) is 18.1 Å². The highest BCUT2D eigenvalue weighted by atomic mass is 35.5. The van der Waals surface area contributed by atoms with Crippen LogP contribution in [0, 0.1) is 0 Å². The summed E-state index contributed by atoms with van der Waals surface area (Å²) in [7, 11) is -2.01. The maximum atomic E-state index is 11.1. The van der Waals surface area contributed by atoms with Gasteiger partial charge in [0, 0.05) is 21.0 Å². The van der Waals surface area contributed by atoms with Crippen LogP contribution in [0.25, 0.3) is 0 Å². The molecular formula is C9H8Cl2O3P+. The molecule has 1 unspecified atom stereocenters. The van der Waals surface area contributed by atoms with Crippen LogP contribution in [0.5, 0.6) is 0 Å². The molecule has 0 amide bonds. The number of hydrogen-bond donors (Lipinski definition) is 0.